The van der Waals surface area contributed by atoms with Crippen molar-refractivity contribution < 1.29 is 9.26 Å². The number of ether oxygens (including phenoxy) is 1. The quantitative estimate of drug-likeness (QED) is 0.263. The number of aromatic nitrogens is 3. The van der Waals surface area contributed by atoms with E-state index in [0.29, 0.717) is 40.0 Å². The Kier molecular flexibility index (Phi) is 9.71. The third kappa shape index (κ3) is 6.49. The number of likely N-dealkylation sites (tertiary alicyclic amines) is 2. The van der Waals surface area contributed by atoms with Crippen LogP contribution in [0, 0.1) is 11.3 Å². The summed E-state index contributed by atoms with van der Waals surface area (Å²) < 4.78 is 12.9. The van der Waals surface area contributed by atoms with Crippen LogP contribution in [-0.2, 0) is 12.8 Å². The highest BCUT2D eigenvalue weighted by molar-refractivity contribution is 7.16. The third-order valence-electron chi connectivity index (χ3n) is 11.0. The van der Waals surface area contributed by atoms with Gasteiger partial charge >= 0.3 is 0 Å². The Morgan fingerprint density at radius 2 is 1.96 bits per heavy atom. The molecule has 0 spiro atoms. The van der Waals surface area contributed by atoms with Crippen molar-refractivity contribution in [3.8, 4) is 23.5 Å². The van der Waals surface area contributed by atoms with Crippen molar-refractivity contribution >= 4 is 22.2 Å². The number of likely N-dealkylation sites (N-methyl/N-ethyl adjacent to an activating group) is 1. The lowest BCUT2D eigenvalue weighted by Gasteiger charge is -2.32. The maximum Gasteiger partial charge on any atom is 0.219 e. The summed E-state index contributed by atoms with van der Waals surface area (Å²) in [6.45, 7) is 9.79. The summed E-state index contributed by atoms with van der Waals surface area (Å²) in [6.07, 6.45) is 13.1. The smallest absolute Gasteiger partial charge is 0.219 e. The lowest BCUT2D eigenvalue weighted by atomic mass is 9.81. The second-order valence-electron chi connectivity index (χ2n) is 14.1. The zero-order valence-corrected chi connectivity index (χ0v) is 29.2. The molecule has 4 atom stereocenters. The van der Waals surface area contributed by atoms with Gasteiger partial charge in [-0.1, -0.05) is 24.9 Å². The van der Waals surface area contributed by atoms with Crippen molar-refractivity contribution in [2.45, 2.75) is 115 Å². The highest BCUT2D eigenvalue weighted by Gasteiger charge is 2.36. The molecule has 10 nitrogen and oxygen atoms in total. The second kappa shape index (κ2) is 14.1. The SMILES string of the molecule is CCCCc1c(-c2nc(O[C@@H](C)[C@@H]3CCCN3C)cc(N3CC[C@H](N4CCCCC4)C3)n2)noc1[C@H]1CCCc2sc(N)c(C#N)c21. The van der Waals surface area contributed by atoms with Gasteiger partial charge < -0.3 is 19.9 Å². The molecule has 3 aliphatic heterocycles. The van der Waals surface area contributed by atoms with Crippen LogP contribution in [0.1, 0.15) is 111 Å². The largest absolute Gasteiger partial charge is 0.473 e. The van der Waals surface area contributed by atoms with E-state index in [2.05, 4.69) is 41.7 Å². The Balaban J connectivity index is 1.26. The van der Waals surface area contributed by atoms with Crippen LogP contribution in [0.4, 0.5) is 10.8 Å². The molecular formula is C36H50N8O2S. The summed E-state index contributed by atoms with van der Waals surface area (Å²) in [5.74, 6) is 2.86. The van der Waals surface area contributed by atoms with Crippen molar-refractivity contribution in [1.82, 2.24) is 24.9 Å². The van der Waals surface area contributed by atoms with Crippen LogP contribution < -0.4 is 15.4 Å². The van der Waals surface area contributed by atoms with Gasteiger partial charge in [-0.15, -0.1) is 11.3 Å². The first kappa shape index (κ1) is 32.4. The Bertz CT molecular complexity index is 1590. The number of aryl methyl sites for hydroxylation is 1. The average Bonchev–Trinajstić information content (AvgIpc) is 3.89. The molecule has 3 aromatic heterocycles. The first-order valence-electron chi connectivity index (χ1n) is 18.0. The van der Waals surface area contributed by atoms with Gasteiger partial charge in [-0.25, -0.2) is 4.98 Å². The van der Waals surface area contributed by atoms with E-state index in [0.717, 1.165) is 93.7 Å². The maximum atomic E-state index is 10.0. The highest BCUT2D eigenvalue weighted by Crippen LogP contribution is 2.47. The minimum atomic E-state index is -0.0456. The van der Waals surface area contributed by atoms with Gasteiger partial charge in [0.25, 0.3) is 0 Å². The molecule has 0 amide bonds. The standard InChI is InChI=1S/C36H50N8O2S/c1-4-5-11-26-33(41-46-34(26)25-12-9-14-29-32(25)27(21-37)35(38)47-29)36-39-30(44-19-15-24(22-44)43-17-7-6-8-18-43)20-31(40-36)45-23(2)28-13-10-16-42(28)3/h20,23-25,28H,4-19,22,38H2,1-3H3/t23-,24-,25-,28-/m0/s1. The number of hydrogen-bond acceptors (Lipinski definition) is 11. The van der Waals surface area contributed by atoms with E-state index in [4.69, 9.17) is 30.1 Å². The normalized spacial score (nSPS) is 24.4. The van der Waals surface area contributed by atoms with Gasteiger partial charge in [-0.3, -0.25) is 9.80 Å². The van der Waals surface area contributed by atoms with Crippen LogP contribution >= 0.6 is 11.3 Å². The fourth-order valence-corrected chi connectivity index (χ4v) is 9.61. The zero-order chi connectivity index (χ0) is 32.5. The van der Waals surface area contributed by atoms with Crippen LogP contribution in [0.3, 0.4) is 0 Å². The van der Waals surface area contributed by atoms with Crippen molar-refractivity contribution in [2.75, 3.05) is 50.4 Å². The molecule has 3 fully saturated rings. The molecule has 7 rings (SSSR count). The molecule has 4 aliphatic rings. The van der Waals surface area contributed by atoms with Crippen molar-refractivity contribution in [2.24, 2.45) is 0 Å². The maximum absolute atomic E-state index is 10.0. The molecule has 0 bridgehead atoms. The summed E-state index contributed by atoms with van der Waals surface area (Å²) in [7, 11) is 2.19. The van der Waals surface area contributed by atoms with E-state index in [1.165, 1.54) is 43.6 Å². The number of nitrogen functional groups attached to an aromatic ring is 1. The minimum Gasteiger partial charge on any atom is -0.473 e. The summed E-state index contributed by atoms with van der Waals surface area (Å²) in [5.41, 5.74) is 9.73. The topological polar surface area (TPSA) is 121 Å². The summed E-state index contributed by atoms with van der Waals surface area (Å²) in [5, 5.41) is 15.4. The molecule has 6 heterocycles. The van der Waals surface area contributed by atoms with Crippen LogP contribution in [0.2, 0.25) is 0 Å². The Labute approximate surface area is 283 Å². The Hall–Kier alpha value is -3.20. The van der Waals surface area contributed by atoms with Gasteiger partial charge in [0.05, 0.1) is 5.56 Å². The van der Waals surface area contributed by atoms with Gasteiger partial charge in [-0.05, 0) is 103 Å². The number of nitrogens with two attached hydrogens (primary N) is 1. The predicted molar refractivity (Wildman–Crippen MR) is 186 cm³/mol. The fourth-order valence-electron chi connectivity index (χ4n) is 8.49. The fraction of sp³-hybridized carbons (Fsp3) is 0.667. The number of anilines is 2. The summed E-state index contributed by atoms with van der Waals surface area (Å²) >= 11 is 1.55. The van der Waals surface area contributed by atoms with E-state index in [1.807, 2.05) is 6.07 Å². The van der Waals surface area contributed by atoms with Crippen LogP contribution in [-0.4, -0.2) is 82.9 Å². The van der Waals surface area contributed by atoms with E-state index in [9.17, 15) is 5.26 Å². The lowest BCUT2D eigenvalue weighted by Crippen LogP contribution is -2.41. The third-order valence-corrected chi connectivity index (χ3v) is 12.1. The number of rotatable bonds is 10. The van der Waals surface area contributed by atoms with Crippen LogP contribution in [0.25, 0.3) is 11.5 Å². The first-order chi connectivity index (χ1) is 22.9. The molecule has 47 heavy (non-hydrogen) atoms. The number of nitrogens with zero attached hydrogens (tertiary/aromatic N) is 7. The zero-order valence-electron chi connectivity index (χ0n) is 28.3. The van der Waals surface area contributed by atoms with E-state index in [-0.39, 0.29) is 12.0 Å². The second-order valence-corrected chi connectivity index (χ2v) is 15.2. The molecule has 1 aliphatic carbocycles. The summed E-state index contributed by atoms with van der Waals surface area (Å²) in [4.78, 5) is 18.9. The molecule has 0 saturated carbocycles. The number of unbranched alkanes of at least 4 members (excludes halogenated alkanes) is 1. The van der Waals surface area contributed by atoms with Crippen molar-refractivity contribution in [1.29, 1.82) is 5.26 Å². The number of piperidine rings is 1. The molecular weight excluding hydrogens is 609 g/mol. The van der Waals surface area contributed by atoms with Crippen molar-refractivity contribution in [3.05, 3.63) is 33.4 Å². The van der Waals surface area contributed by atoms with Crippen LogP contribution in [0.15, 0.2) is 10.6 Å². The molecule has 3 saturated heterocycles. The molecule has 0 radical (unpaired) electrons. The average molecular weight is 659 g/mol. The monoisotopic (exact) mass is 658 g/mol. The lowest BCUT2D eigenvalue weighted by molar-refractivity contribution is 0.117. The number of nitriles is 1. The number of hydrogen-bond donors (Lipinski definition) is 1. The van der Waals surface area contributed by atoms with Gasteiger partial charge in [0.2, 0.25) is 5.88 Å². The van der Waals surface area contributed by atoms with Crippen molar-refractivity contribution in [3.63, 3.8) is 0 Å². The molecule has 252 valence electrons. The van der Waals surface area contributed by atoms with E-state index >= 15 is 0 Å². The van der Waals surface area contributed by atoms with Crippen LogP contribution in [0.5, 0.6) is 5.88 Å². The molecule has 2 N–H and O–H groups in total. The minimum absolute atomic E-state index is 0.000629. The Morgan fingerprint density at radius 1 is 1.11 bits per heavy atom. The van der Waals surface area contributed by atoms with Gasteiger partial charge in [0.1, 0.15) is 28.8 Å². The predicted octanol–water partition coefficient (Wildman–Crippen LogP) is 6.38. The van der Waals surface area contributed by atoms with Gasteiger partial charge in [-0.2, -0.15) is 10.2 Å². The molecule has 0 aromatic carbocycles. The molecule has 11 heteroatoms. The Morgan fingerprint density at radius 3 is 2.72 bits per heavy atom. The molecule has 3 aromatic rings. The van der Waals surface area contributed by atoms with E-state index < -0.39 is 0 Å². The van der Waals surface area contributed by atoms with Gasteiger partial charge in [0.15, 0.2) is 11.5 Å². The highest BCUT2D eigenvalue weighted by atomic mass is 32.1. The molecule has 0 unspecified atom stereocenters. The van der Waals surface area contributed by atoms with Gasteiger partial charge in [0, 0.05) is 47.6 Å². The number of fused-ring (bicyclic) bond motifs is 1. The van der Waals surface area contributed by atoms with E-state index in [1.54, 1.807) is 11.3 Å². The number of thiophene rings is 1. The summed E-state index contributed by atoms with van der Waals surface area (Å²) in [6, 6.07) is 5.35. The first-order valence-corrected chi connectivity index (χ1v) is 18.8.